The van der Waals surface area contributed by atoms with E-state index in [1.807, 2.05) is 36.1 Å². The molecule has 1 atom stereocenters. The summed E-state index contributed by atoms with van der Waals surface area (Å²) in [5.74, 6) is 0.134. The highest BCUT2D eigenvalue weighted by atomic mass is 16.5. The van der Waals surface area contributed by atoms with Crippen LogP contribution in [0, 0.1) is 0 Å². The molecular formula is C14H19NO3. The summed E-state index contributed by atoms with van der Waals surface area (Å²) in [4.78, 5) is 13.1. The van der Waals surface area contributed by atoms with Crippen LogP contribution in [0.1, 0.15) is 25.3 Å². The summed E-state index contributed by atoms with van der Waals surface area (Å²) in [7, 11) is 0. The Labute approximate surface area is 107 Å². The fourth-order valence-corrected chi connectivity index (χ4v) is 2.43. The quantitative estimate of drug-likeness (QED) is 0.868. The first-order valence-corrected chi connectivity index (χ1v) is 6.39. The lowest BCUT2D eigenvalue weighted by Gasteiger charge is -2.21. The molecule has 0 amide bonds. The SMILES string of the molecule is CCOc1cccc(CN2CCC[C@@H]2C(=O)O)c1. The summed E-state index contributed by atoms with van der Waals surface area (Å²) in [6.45, 7) is 4.13. The topological polar surface area (TPSA) is 49.8 Å². The van der Waals surface area contributed by atoms with E-state index in [4.69, 9.17) is 9.84 Å². The summed E-state index contributed by atoms with van der Waals surface area (Å²) in [6, 6.07) is 7.54. The monoisotopic (exact) mass is 249 g/mol. The zero-order valence-electron chi connectivity index (χ0n) is 10.6. The number of hydrogen-bond donors (Lipinski definition) is 1. The molecule has 0 bridgehead atoms. The Kier molecular flexibility index (Phi) is 4.20. The molecule has 1 heterocycles. The largest absolute Gasteiger partial charge is 0.494 e. The van der Waals surface area contributed by atoms with Crippen LogP contribution >= 0.6 is 0 Å². The minimum atomic E-state index is -0.714. The van der Waals surface area contributed by atoms with Crippen LogP contribution in [0.5, 0.6) is 5.75 Å². The van der Waals surface area contributed by atoms with Crippen LogP contribution in [-0.4, -0.2) is 35.2 Å². The molecular weight excluding hydrogens is 230 g/mol. The number of carboxylic acid groups (broad SMARTS) is 1. The molecule has 1 saturated heterocycles. The molecule has 1 aliphatic rings. The molecule has 1 aromatic rings. The lowest BCUT2D eigenvalue weighted by molar-refractivity contribution is -0.142. The molecule has 98 valence electrons. The van der Waals surface area contributed by atoms with Gasteiger partial charge >= 0.3 is 5.97 Å². The van der Waals surface area contributed by atoms with Crippen molar-refractivity contribution < 1.29 is 14.6 Å². The van der Waals surface area contributed by atoms with Gasteiger partial charge in [-0.3, -0.25) is 9.69 Å². The number of rotatable bonds is 5. The smallest absolute Gasteiger partial charge is 0.320 e. The van der Waals surface area contributed by atoms with Crippen LogP contribution in [0.4, 0.5) is 0 Å². The predicted octanol–water partition coefficient (Wildman–Crippen LogP) is 2.13. The normalized spacial score (nSPS) is 19.9. The molecule has 1 aliphatic heterocycles. The van der Waals surface area contributed by atoms with Gasteiger partial charge in [0.1, 0.15) is 11.8 Å². The highest BCUT2D eigenvalue weighted by Gasteiger charge is 2.30. The second-order valence-corrected chi connectivity index (χ2v) is 4.55. The zero-order chi connectivity index (χ0) is 13.0. The first-order valence-electron chi connectivity index (χ1n) is 6.39. The maximum Gasteiger partial charge on any atom is 0.320 e. The van der Waals surface area contributed by atoms with Gasteiger partial charge in [-0.05, 0) is 44.0 Å². The van der Waals surface area contributed by atoms with E-state index in [0.29, 0.717) is 13.2 Å². The maximum atomic E-state index is 11.1. The van der Waals surface area contributed by atoms with Gasteiger partial charge in [-0.2, -0.15) is 0 Å². The molecule has 1 N–H and O–H groups in total. The van der Waals surface area contributed by atoms with Gasteiger partial charge in [0.15, 0.2) is 0 Å². The van der Waals surface area contributed by atoms with Gasteiger partial charge in [0.05, 0.1) is 6.61 Å². The van der Waals surface area contributed by atoms with Gasteiger partial charge < -0.3 is 9.84 Å². The fraction of sp³-hybridized carbons (Fsp3) is 0.500. The van der Waals surface area contributed by atoms with Crippen molar-refractivity contribution in [3.8, 4) is 5.75 Å². The number of carbonyl (C=O) groups is 1. The third-order valence-corrected chi connectivity index (χ3v) is 3.24. The third kappa shape index (κ3) is 3.01. The van der Waals surface area contributed by atoms with Crippen LogP contribution in [0.25, 0.3) is 0 Å². The van der Waals surface area contributed by atoms with Crippen molar-refractivity contribution in [1.29, 1.82) is 0 Å². The Morgan fingerprint density at radius 1 is 1.56 bits per heavy atom. The Bertz CT molecular complexity index is 419. The Hall–Kier alpha value is -1.55. The molecule has 0 radical (unpaired) electrons. The summed E-state index contributed by atoms with van der Waals surface area (Å²) in [6.07, 6.45) is 1.71. The van der Waals surface area contributed by atoms with E-state index in [1.165, 1.54) is 0 Å². The summed E-state index contributed by atoms with van der Waals surface area (Å²) >= 11 is 0. The van der Waals surface area contributed by atoms with Gasteiger partial charge in [0, 0.05) is 6.54 Å². The number of aliphatic carboxylic acids is 1. The van der Waals surface area contributed by atoms with E-state index in [0.717, 1.165) is 30.7 Å². The number of carboxylic acids is 1. The molecule has 1 aromatic carbocycles. The Balaban J connectivity index is 2.04. The van der Waals surface area contributed by atoms with Crippen LogP contribution in [-0.2, 0) is 11.3 Å². The number of likely N-dealkylation sites (tertiary alicyclic amines) is 1. The van der Waals surface area contributed by atoms with Crippen LogP contribution in [0.3, 0.4) is 0 Å². The lowest BCUT2D eigenvalue weighted by atomic mass is 10.1. The maximum absolute atomic E-state index is 11.1. The standard InChI is InChI=1S/C14H19NO3/c1-2-18-12-6-3-5-11(9-12)10-15-8-4-7-13(15)14(16)17/h3,5-6,9,13H,2,4,7-8,10H2,1H3,(H,16,17)/t13-/m1/s1. The molecule has 1 fully saturated rings. The van der Waals surface area contributed by atoms with Gasteiger partial charge in [-0.25, -0.2) is 0 Å². The van der Waals surface area contributed by atoms with E-state index in [2.05, 4.69) is 0 Å². The average molecular weight is 249 g/mol. The number of hydrogen-bond acceptors (Lipinski definition) is 3. The van der Waals surface area contributed by atoms with Crippen molar-refractivity contribution in [2.24, 2.45) is 0 Å². The number of benzene rings is 1. The van der Waals surface area contributed by atoms with Gasteiger partial charge in [-0.15, -0.1) is 0 Å². The van der Waals surface area contributed by atoms with E-state index in [-0.39, 0.29) is 6.04 Å². The average Bonchev–Trinajstić information content (AvgIpc) is 2.78. The van der Waals surface area contributed by atoms with E-state index in [9.17, 15) is 4.79 Å². The first-order chi connectivity index (χ1) is 8.70. The molecule has 18 heavy (non-hydrogen) atoms. The second-order valence-electron chi connectivity index (χ2n) is 4.55. The number of ether oxygens (including phenoxy) is 1. The van der Waals surface area contributed by atoms with Crippen LogP contribution in [0.2, 0.25) is 0 Å². The molecule has 2 rings (SSSR count). The number of nitrogens with zero attached hydrogens (tertiary/aromatic N) is 1. The minimum absolute atomic E-state index is 0.333. The third-order valence-electron chi connectivity index (χ3n) is 3.24. The van der Waals surface area contributed by atoms with Crippen molar-refractivity contribution in [3.63, 3.8) is 0 Å². The Morgan fingerprint density at radius 3 is 3.11 bits per heavy atom. The van der Waals surface area contributed by atoms with Crippen molar-refractivity contribution in [2.45, 2.75) is 32.4 Å². The van der Waals surface area contributed by atoms with Crippen molar-refractivity contribution in [1.82, 2.24) is 4.90 Å². The van der Waals surface area contributed by atoms with E-state index >= 15 is 0 Å². The van der Waals surface area contributed by atoms with E-state index in [1.54, 1.807) is 0 Å². The van der Waals surface area contributed by atoms with Crippen molar-refractivity contribution in [2.75, 3.05) is 13.2 Å². The van der Waals surface area contributed by atoms with Crippen molar-refractivity contribution in [3.05, 3.63) is 29.8 Å². The predicted molar refractivity (Wildman–Crippen MR) is 68.7 cm³/mol. The molecule has 0 aliphatic carbocycles. The highest BCUT2D eigenvalue weighted by molar-refractivity contribution is 5.73. The first kappa shape index (κ1) is 12.9. The molecule has 0 aromatic heterocycles. The molecule has 4 nitrogen and oxygen atoms in total. The molecule has 0 unspecified atom stereocenters. The summed E-state index contributed by atoms with van der Waals surface area (Å²) < 4.78 is 5.45. The Morgan fingerprint density at radius 2 is 2.39 bits per heavy atom. The van der Waals surface area contributed by atoms with Gasteiger partial charge in [0.2, 0.25) is 0 Å². The second kappa shape index (κ2) is 5.87. The van der Waals surface area contributed by atoms with Gasteiger partial charge in [0.25, 0.3) is 0 Å². The minimum Gasteiger partial charge on any atom is -0.494 e. The van der Waals surface area contributed by atoms with Crippen LogP contribution < -0.4 is 4.74 Å². The summed E-state index contributed by atoms with van der Waals surface area (Å²) in [5.41, 5.74) is 1.11. The molecule has 0 saturated carbocycles. The zero-order valence-corrected chi connectivity index (χ0v) is 10.6. The van der Waals surface area contributed by atoms with E-state index < -0.39 is 5.97 Å². The van der Waals surface area contributed by atoms with Crippen LogP contribution in [0.15, 0.2) is 24.3 Å². The molecule has 0 spiro atoms. The summed E-state index contributed by atoms with van der Waals surface area (Å²) in [5, 5.41) is 9.13. The fourth-order valence-electron chi connectivity index (χ4n) is 2.43. The lowest BCUT2D eigenvalue weighted by Crippen LogP contribution is -2.35. The molecule has 4 heteroatoms. The van der Waals surface area contributed by atoms with Crippen molar-refractivity contribution >= 4 is 5.97 Å². The van der Waals surface area contributed by atoms with Gasteiger partial charge in [-0.1, -0.05) is 12.1 Å². The highest BCUT2D eigenvalue weighted by Crippen LogP contribution is 2.22.